The number of benzene rings is 1. The molecule has 2 heteroatoms. The predicted octanol–water partition coefficient (Wildman–Crippen LogP) is 2.49. The van der Waals surface area contributed by atoms with Gasteiger partial charge in [-0.05, 0) is 25.5 Å². The first kappa shape index (κ1) is 11.3. The van der Waals surface area contributed by atoms with Gasteiger partial charge in [0.25, 0.3) is 0 Å². The minimum absolute atomic E-state index is 0.0731. The van der Waals surface area contributed by atoms with E-state index in [-0.39, 0.29) is 12.0 Å². The van der Waals surface area contributed by atoms with Crippen molar-refractivity contribution in [3.63, 3.8) is 0 Å². The summed E-state index contributed by atoms with van der Waals surface area (Å²) >= 11 is 0. The van der Waals surface area contributed by atoms with Gasteiger partial charge in [-0.1, -0.05) is 37.3 Å². The number of Topliss-reactive ketones (excluding diaryl/α,β-unsaturated/α-hetero) is 1. The number of piperidine rings is 1. The first-order valence-corrected chi connectivity index (χ1v) is 6.00. The van der Waals surface area contributed by atoms with Crippen LogP contribution in [-0.4, -0.2) is 23.3 Å². The van der Waals surface area contributed by atoms with Crippen molar-refractivity contribution in [2.45, 2.75) is 32.9 Å². The van der Waals surface area contributed by atoms with Gasteiger partial charge < -0.3 is 0 Å². The summed E-state index contributed by atoms with van der Waals surface area (Å²) < 4.78 is 0. The van der Waals surface area contributed by atoms with Crippen molar-refractivity contribution in [1.82, 2.24) is 4.90 Å². The van der Waals surface area contributed by atoms with Crippen LogP contribution in [0.3, 0.4) is 0 Å². The van der Waals surface area contributed by atoms with Crippen molar-refractivity contribution in [1.29, 1.82) is 0 Å². The molecule has 1 heterocycles. The van der Waals surface area contributed by atoms with Crippen LogP contribution in [-0.2, 0) is 11.3 Å². The molecule has 0 N–H and O–H groups in total. The van der Waals surface area contributed by atoms with Crippen molar-refractivity contribution in [3.8, 4) is 0 Å². The van der Waals surface area contributed by atoms with Crippen LogP contribution in [0.4, 0.5) is 0 Å². The highest BCUT2D eigenvalue weighted by atomic mass is 16.1. The van der Waals surface area contributed by atoms with E-state index in [9.17, 15) is 4.79 Å². The van der Waals surface area contributed by atoms with Crippen LogP contribution in [0, 0.1) is 5.92 Å². The number of carbonyl (C=O) groups excluding carboxylic acids is 1. The maximum Gasteiger partial charge on any atom is 0.152 e. The monoisotopic (exact) mass is 217 g/mol. The molecule has 86 valence electrons. The molecule has 2 rings (SSSR count). The van der Waals surface area contributed by atoms with Crippen molar-refractivity contribution >= 4 is 5.78 Å². The third-order valence-corrected chi connectivity index (χ3v) is 3.52. The van der Waals surface area contributed by atoms with Gasteiger partial charge in [0.15, 0.2) is 5.78 Å². The number of hydrogen-bond acceptors (Lipinski definition) is 2. The lowest BCUT2D eigenvalue weighted by atomic mass is 9.91. The van der Waals surface area contributed by atoms with Crippen molar-refractivity contribution < 1.29 is 4.79 Å². The summed E-state index contributed by atoms with van der Waals surface area (Å²) in [6.07, 6.45) is 0.996. The van der Waals surface area contributed by atoms with Crippen molar-refractivity contribution in [2.75, 3.05) is 6.54 Å². The summed E-state index contributed by atoms with van der Waals surface area (Å²) in [5.74, 6) is 0.629. The lowest BCUT2D eigenvalue weighted by Gasteiger charge is -2.35. The van der Waals surface area contributed by atoms with Crippen LogP contribution in [0.5, 0.6) is 0 Å². The molecule has 0 unspecified atom stereocenters. The van der Waals surface area contributed by atoms with E-state index in [2.05, 4.69) is 17.0 Å². The Balaban J connectivity index is 2.03. The fourth-order valence-electron chi connectivity index (χ4n) is 2.32. The zero-order valence-electron chi connectivity index (χ0n) is 10.0. The Labute approximate surface area is 97.3 Å². The minimum atomic E-state index is 0.0731. The molecule has 1 saturated heterocycles. The second-order valence-corrected chi connectivity index (χ2v) is 4.72. The lowest BCUT2D eigenvalue weighted by molar-refractivity contribution is -0.130. The molecule has 2 atom stereocenters. The van der Waals surface area contributed by atoms with Crippen LogP contribution in [0.15, 0.2) is 30.3 Å². The average Bonchev–Trinajstić information content (AvgIpc) is 2.31. The molecule has 0 bridgehead atoms. The van der Waals surface area contributed by atoms with Gasteiger partial charge in [0.2, 0.25) is 0 Å². The Bertz CT molecular complexity index is 360. The van der Waals surface area contributed by atoms with Gasteiger partial charge in [-0.2, -0.15) is 0 Å². The number of hydrogen-bond donors (Lipinski definition) is 0. The first-order chi connectivity index (χ1) is 7.68. The topological polar surface area (TPSA) is 20.3 Å². The van der Waals surface area contributed by atoms with E-state index in [0.29, 0.717) is 5.78 Å². The molecular weight excluding hydrogens is 198 g/mol. The quantitative estimate of drug-likeness (QED) is 0.758. The molecule has 1 aliphatic heterocycles. The van der Waals surface area contributed by atoms with Gasteiger partial charge in [-0.25, -0.2) is 0 Å². The SMILES string of the molecule is C[C@H]1CCN(Cc2ccccc2)[C@@H](C)C1=O. The molecular formula is C14H19NO. The van der Waals surface area contributed by atoms with E-state index < -0.39 is 0 Å². The van der Waals surface area contributed by atoms with Crippen LogP contribution >= 0.6 is 0 Å². The van der Waals surface area contributed by atoms with Gasteiger partial charge in [0.05, 0.1) is 6.04 Å². The summed E-state index contributed by atoms with van der Waals surface area (Å²) in [7, 11) is 0. The smallest absolute Gasteiger partial charge is 0.152 e. The molecule has 0 spiro atoms. The van der Waals surface area contributed by atoms with Crippen LogP contribution in [0.2, 0.25) is 0 Å². The molecule has 0 aliphatic carbocycles. The molecule has 0 radical (unpaired) electrons. The highest BCUT2D eigenvalue weighted by molar-refractivity contribution is 5.86. The van der Waals surface area contributed by atoms with Crippen LogP contribution in [0.1, 0.15) is 25.8 Å². The maximum absolute atomic E-state index is 11.9. The van der Waals surface area contributed by atoms with Gasteiger partial charge >= 0.3 is 0 Å². The largest absolute Gasteiger partial charge is 0.298 e. The second-order valence-electron chi connectivity index (χ2n) is 4.72. The summed E-state index contributed by atoms with van der Waals surface area (Å²) in [6.45, 7) is 5.99. The van der Waals surface area contributed by atoms with E-state index in [1.54, 1.807) is 0 Å². The van der Waals surface area contributed by atoms with Gasteiger partial charge in [0, 0.05) is 12.5 Å². The highest BCUT2D eigenvalue weighted by Crippen LogP contribution is 2.20. The second kappa shape index (κ2) is 4.79. The molecule has 1 aliphatic rings. The summed E-state index contributed by atoms with van der Waals surface area (Å²) in [4.78, 5) is 14.2. The van der Waals surface area contributed by atoms with Gasteiger partial charge in [-0.3, -0.25) is 9.69 Å². The normalized spacial score (nSPS) is 27.0. The number of carbonyl (C=O) groups is 1. The van der Waals surface area contributed by atoms with Gasteiger partial charge in [-0.15, -0.1) is 0 Å². The molecule has 2 nitrogen and oxygen atoms in total. The van der Waals surface area contributed by atoms with E-state index >= 15 is 0 Å². The average molecular weight is 217 g/mol. The Morgan fingerprint density at radius 1 is 1.25 bits per heavy atom. The fourth-order valence-corrected chi connectivity index (χ4v) is 2.32. The number of nitrogens with zero attached hydrogens (tertiary/aromatic N) is 1. The van der Waals surface area contributed by atoms with Crippen molar-refractivity contribution in [2.24, 2.45) is 5.92 Å². The number of rotatable bonds is 2. The van der Waals surface area contributed by atoms with E-state index in [0.717, 1.165) is 19.5 Å². The van der Waals surface area contributed by atoms with Crippen LogP contribution in [0.25, 0.3) is 0 Å². The molecule has 1 fully saturated rings. The van der Waals surface area contributed by atoms with Crippen molar-refractivity contribution in [3.05, 3.63) is 35.9 Å². The predicted molar refractivity (Wildman–Crippen MR) is 65.1 cm³/mol. The minimum Gasteiger partial charge on any atom is -0.298 e. The Hall–Kier alpha value is -1.15. The lowest BCUT2D eigenvalue weighted by Crippen LogP contribution is -2.46. The fraction of sp³-hybridized carbons (Fsp3) is 0.500. The van der Waals surface area contributed by atoms with Gasteiger partial charge in [0.1, 0.15) is 0 Å². The third-order valence-electron chi connectivity index (χ3n) is 3.52. The number of ketones is 1. The summed E-state index contributed by atoms with van der Waals surface area (Å²) in [5, 5.41) is 0. The van der Waals surface area contributed by atoms with E-state index in [1.807, 2.05) is 32.0 Å². The molecule has 1 aromatic rings. The molecule has 1 aromatic carbocycles. The van der Waals surface area contributed by atoms with E-state index in [1.165, 1.54) is 5.56 Å². The first-order valence-electron chi connectivity index (χ1n) is 6.00. The molecule has 16 heavy (non-hydrogen) atoms. The highest BCUT2D eigenvalue weighted by Gasteiger charge is 2.30. The standard InChI is InChI=1S/C14H19NO/c1-11-8-9-15(12(2)14(11)16)10-13-6-4-3-5-7-13/h3-7,11-12H,8-10H2,1-2H3/t11-,12-/m0/s1. The maximum atomic E-state index is 11.9. The van der Waals surface area contributed by atoms with E-state index in [4.69, 9.17) is 0 Å². The Kier molecular flexibility index (Phi) is 3.39. The molecule has 0 amide bonds. The summed E-state index contributed by atoms with van der Waals surface area (Å²) in [6, 6.07) is 10.4. The Morgan fingerprint density at radius 2 is 1.94 bits per heavy atom. The molecule has 0 saturated carbocycles. The zero-order chi connectivity index (χ0) is 11.5. The van der Waals surface area contributed by atoms with Crippen LogP contribution < -0.4 is 0 Å². The summed E-state index contributed by atoms with van der Waals surface area (Å²) in [5.41, 5.74) is 1.29. The molecule has 0 aromatic heterocycles. The Morgan fingerprint density at radius 3 is 2.62 bits per heavy atom. The zero-order valence-corrected chi connectivity index (χ0v) is 10.0. The number of likely N-dealkylation sites (tertiary alicyclic amines) is 1. The third kappa shape index (κ3) is 2.33.